The molecule has 0 heterocycles. The Morgan fingerprint density at radius 3 is 2.21 bits per heavy atom. The normalized spacial score (nSPS) is 12.8. The quantitative estimate of drug-likeness (QED) is 0.661. The number of nitrogens with zero attached hydrogens (tertiary/aromatic N) is 1. The Morgan fingerprint density at radius 1 is 1.21 bits per heavy atom. The third kappa shape index (κ3) is 2.56. The van der Waals surface area contributed by atoms with Crippen LogP contribution in [0.3, 0.4) is 0 Å². The highest BCUT2D eigenvalue weighted by molar-refractivity contribution is 6.75. The van der Waals surface area contributed by atoms with Crippen LogP contribution in [0.5, 0.6) is 0 Å². The van der Waals surface area contributed by atoms with Crippen molar-refractivity contribution in [2.45, 2.75) is 13.8 Å². The second-order valence-electron chi connectivity index (χ2n) is 3.31. The number of benzene rings is 1. The Labute approximate surface area is 88.7 Å². The van der Waals surface area contributed by atoms with Crippen molar-refractivity contribution < 1.29 is 0 Å². The second kappa shape index (κ2) is 5.78. The van der Waals surface area contributed by atoms with Crippen molar-refractivity contribution in [3.8, 4) is 0 Å². The monoisotopic (exact) mass is 205 g/mol. The van der Waals surface area contributed by atoms with E-state index in [0.29, 0.717) is 0 Å². The second-order valence-corrected chi connectivity index (χ2v) is 6.07. The van der Waals surface area contributed by atoms with Crippen molar-refractivity contribution in [2.75, 3.05) is 13.1 Å². The van der Waals surface area contributed by atoms with Gasteiger partial charge in [0.25, 0.3) is 0 Å². The summed E-state index contributed by atoms with van der Waals surface area (Å²) < 4.78 is 2.53. The summed E-state index contributed by atoms with van der Waals surface area (Å²) >= 11 is 0. The van der Waals surface area contributed by atoms with Crippen LogP contribution in [0.1, 0.15) is 13.8 Å². The van der Waals surface area contributed by atoms with Crippen molar-refractivity contribution in [3.05, 3.63) is 42.6 Å². The van der Waals surface area contributed by atoms with E-state index in [2.05, 4.69) is 61.0 Å². The molecule has 76 valence electrons. The van der Waals surface area contributed by atoms with Crippen LogP contribution in [0.15, 0.2) is 42.6 Å². The maximum atomic E-state index is 3.97. The summed E-state index contributed by atoms with van der Waals surface area (Å²) in [5, 5.41) is 1.46. The highest BCUT2D eigenvalue weighted by Gasteiger charge is 2.15. The zero-order valence-corrected chi connectivity index (χ0v) is 10.3. The van der Waals surface area contributed by atoms with Crippen LogP contribution < -0.4 is 5.19 Å². The minimum absolute atomic E-state index is 1.09. The summed E-state index contributed by atoms with van der Waals surface area (Å²) in [5.74, 6) is 0. The third-order valence-corrected chi connectivity index (χ3v) is 5.60. The summed E-state index contributed by atoms with van der Waals surface area (Å²) in [6, 6.07) is 10.7. The van der Waals surface area contributed by atoms with E-state index in [0.717, 1.165) is 13.1 Å². The molecule has 1 rings (SSSR count). The van der Waals surface area contributed by atoms with E-state index >= 15 is 0 Å². The first kappa shape index (κ1) is 11.2. The average Bonchev–Trinajstić information content (AvgIpc) is 2.27. The Bertz CT molecular complexity index is 267. The third-order valence-electron chi connectivity index (χ3n) is 2.57. The van der Waals surface area contributed by atoms with Gasteiger partial charge in [-0.2, -0.15) is 0 Å². The lowest BCUT2D eigenvalue weighted by atomic mass is 10.4. The smallest absolute Gasteiger partial charge is 0.168 e. The molecule has 0 aromatic heterocycles. The van der Waals surface area contributed by atoms with Gasteiger partial charge in [0, 0.05) is 0 Å². The van der Waals surface area contributed by atoms with Crippen LogP contribution in [0.2, 0.25) is 0 Å². The maximum absolute atomic E-state index is 3.97. The summed E-state index contributed by atoms with van der Waals surface area (Å²) in [4.78, 5) is 0. The van der Waals surface area contributed by atoms with Gasteiger partial charge in [0.05, 0.1) is 0 Å². The standard InChI is InChI=1S/C12H19NSi/c1-4-13(5-2)14(6-3)12-10-8-7-9-11-12/h6-11,14H,3-5H2,1-2H3. The topological polar surface area (TPSA) is 3.24 Å². The first-order valence-corrected chi connectivity index (χ1v) is 7.01. The molecule has 0 aliphatic rings. The number of hydrogen-bond donors (Lipinski definition) is 0. The molecule has 0 bridgehead atoms. The molecular weight excluding hydrogens is 186 g/mol. The van der Waals surface area contributed by atoms with Gasteiger partial charge in [-0.3, -0.25) is 0 Å². The van der Waals surface area contributed by atoms with Crippen molar-refractivity contribution in [2.24, 2.45) is 0 Å². The molecule has 0 radical (unpaired) electrons. The Morgan fingerprint density at radius 2 is 1.79 bits per heavy atom. The van der Waals surface area contributed by atoms with Crippen LogP contribution >= 0.6 is 0 Å². The summed E-state index contributed by atoms with van der Waals surface area (Å²) in [5.41, 5.74) is 2.16. The van der Waals surface area contributed by atoms with E-state index in [1.807, 2.05) is 0 Å². The Hall–Kier alpha value is -0.863. The minimum atomic E-state index is -1.09. The minimum Gasteiger partial charge on any atom is -0.320 e. The van der Waals surface area contributed by atoms with E-state index in [-0.39, 0.29) is 0 Å². The van der Waals surface area contributed by atoms with Crippen LogP contribution in [0, 0.1) is 0 Å². The Kier molecular flexibility index (Phi) is 4.63. The molecule has 0 fully saturated rings. The molecule has 0 N–H and O–H groups in total. The lowest BCUT2D eigenvalue weighted by molar-refractivity contribution is 0.490. The number of hydrogen-bond acceptors (Lipinski definition) is 1. The lowest BCUT2D eigenvalue weighted by Gasteiger charge is -2.25. The molecule has 0 amide bonds. The fourth-order valence-electron chi connectivity index (χ4n) is 1.76. The highest BCUT2D eigenvalue weighted by atomic mass is 28.3. The summed E-state index contributed by atoms with van der Waals surface area (Å²) in [7, 11) is -1.09. The predicted molar refractivity (Wildman–Crippen MR) is 66.3 cm³/mol. The van der Waals surface area contributed by atoms with Gasteiger partial charge in [-0.1, -0.05) is 49.9 Å². The van der Waals surface area contributed by atoms with Crippen molar-refractivity contribution >= 4 is 14.1 Å². The molecule has 0 aliphatic heterocycles. The average molecular weight is 205 g/mol. The van der Waals surface area contributed by atoms with Crippen molar-refractivity contribution in [1.82, 2.24) is 4.57 Å². The highest BCUT2D eigenvalue weighted by Crippen LogP contribution is 1.97. The van der Waals surface area contributed by atoms with Gasteiger partial charge in [-0.15, -0.1) is 6.58 Å². The van der Waals surface area contributed by atoms with Gasteiger partial charge < -0.3 is 4.57 Å². The van der Waals surface area contributed by atoms with Crippen LogP contribution in [-0.2, 0) is 0 Å². The van der Waals surface area contributed by atoms with E-state index < -0.39 is 8.96 Å². The molecule has 1 aromatic carbocycles. The molecule has 1 aromatic rings. The zero-order chi connectivity index (χ0) is 10.4. The van der Waals surface area contributed by atoms with Gasteiger partial charge in [0.15, 0.2) is 8.96 Å². The first-order valence-electron chi connectivity index (χ1n) is 5.25. The molecular formula is C12H19NSi. The fourth-order valence-corrected chi connectivity index (χ4v) is 4.16. The molecule has 14 heavy (non-hydrogen) atoms. The summed E-state index contributed by atoms with van der Waals surface area (Å²) in [6.07, 6.45) is 0. The molecule has 0 saturated carbocycles. The molecule has 2 heteroatoms. The fraction of sp³-hybridized carbons (Fsp3) is 0.333. The van der Waals surface area contributed by atoms with Gasteiger partial charge in [-0.05, 0) is 18.3 Å². The van der Waals surface area contributed by atoms with E-state index in [4.69, 9.17) is 0 Å². The van der Waals surface area contributed by atoms with Gasteiger partial charge in [0.2, 0.25) is 0 Å². The van der Waals surface area contributed by atoms with E-state index in [9.17, 15) is 0 Å². The number of rotatable bonds is 5. The SMILES string of the molecule is C=C[SiH](c1ccccc1)N(CC)CC. The van der Waals surface area contributed by atoms with Crippen LogP contribution in [0.25, 0.3) is 0 Å². The molecule has 1 nitrogen and oxygen atoms in total. The first-order chi connectivity index (χ1) is 6.83. The molecule has 1 atom stereocenters. The molecule has 0 aliphatic carbocycles. The zero-order valence-electron chi connectivity index (χ0n) is 9.11. The van der Waals surface area contributed by atoms with E-state index in [1.165, 1.54) is 5.19 Å². The lowest BCUT2D eigenvalue weighted by Crippen LogP contribution is -2.46. The van der Waals surface area contributed by atoms with Gasteiger partial charge in [-0.25, -0.2) is 0 Å². The van der Waals surface area contributed by atoms with Crippen LogP contribution in [-0.4, -0.2) is 26.6 Å². The largest absolute Gasteiger partial charge is 0.320 e. The van der Waals surface area contributed by atoms with Gasteiger partial charge in [0.1, 0.15) is 0 Å². The summed E-state index contributed by atoms with van der Waals surface area (Å²) in [6.45, 7) is 10.6. The van der Waals surface area contributed by atoms with Gasteiger partial charge >= 0.3 is 0 Å². The Balaban J connectivity index is 2.86. The molecule has 1 unspecified atom stereocenters. The molecule has 0 saturated heterocycles. The van der Waals surface area contributed by atoms with Crippen molar-refractivity contribution in [1.29, 1.82) is 0 Å². The van der Waals surface area contributed by atoms with E-state index in [1.54, 1.807) is 0 Å². The maximum Gasteiger partial charge on any atom is 0.168 e. The molecule has 0 spiro atoms. The predicted octanol–water partition coefficient (Wildman–Crippen LogP) is 1.68. The van der Waals surface area contributed by atoms with Crippen LogP contribution in [0.4, 0.5) is 0 Å². The van der Waals surface area contributed by atoms with Crippen molar-refractivity contribution in [3.63, 3.8) is 0 Å².